The van der Waals surface area contributed by atoms with E-state index in [1.165, 1.54) is 5.56 Å². The maximum absolute atomic E-state index is 12.6. The number of carbonyl (C=O) groups is 2. The molecule has 164 valence electrons. The fourth-order valence-corrected chi connectivity index (χ4v) is 4.84. The molecule has 1 aromatic heterocycles. The predicted octanol–water partition coefficient (Wildman–Crippen LogP) is 2.72. The van der Waals surface area contributed by atoms with Crippen LogP contribution in [0.1, 0.15) is 58.0 Å². The van der Waals surface area contributed by atoms with Gasteiger partial charge in [-0.3, -0.25) is 9.69 Å². The molecule has 1 unspecified atom stereocenters. The molecule has 0 radical (unpaired) electrons. The molecule has 2 saturated heterocycles. The van der Waals surface area contributed by atoms with Crippen LogP contribution in [-0.2, 0) is 20.7 Å². The molecule has 0 spiro atoms. The Morgan fingerprint density at radius 3 is 2.63 bits per heavy atom. The largest absolute Gasteiger partial charge is 0.444 e. The SMILES string of the molecule is C[C@@H]1CN(C(=O)OC(C)(C)C)C[C@H]2Cc3ccc(C(OC=O)N4CCCC4)nc3N21. The van der Waals surface area contributed by atoms with Crippen LogP contribution in [0.4, 0.5) is 10.6 Å². The van der Waals surface area contributed by atoms with Gasteiger partial charge in [-0.1, -0.05) is 6.07 Å². The molecule has 0 bridgehead atoms. The second-order valence-electron chi connectivity index (χ2n) is 9.55. The summed E-state index contributed by atoms with van der Waals surface area (Å²) >= 11 is 0. The first-order valence-electron chi connectivity index (χ1n) is 10.9. The van der Waals surface area contributed by atoms with E-state index in [1.54, 1.807) is 0 Å². The van der Waals surface area contributed by atoms with E-state index < -0.39 is 11.8 Å². The standard InChI is InChI=1S/C22H32N4O4/c1-15-12-25(21(28)30-22(2,3)4)13-17-11-16-7-8-18(23-19(16)26(15)17)20(29-14-27)24-9-5-6-10-24/h7-8,14-15,17,20H,5-6,9-13H2,1-4H3/t15-,17-,20?/m1/s1. The van der Waals surface area contributed by atoms with Crippen LogP contribution >= 0.6 is 0 Å². The maximum atomic E-state index is 12.6. The topological polar surface area (TPSA) is 75.2 Å². The van der Waals surface area contributed by atoms with E-state index in [4.69, 9.17) is 14.5 Å². The number of nitrogens with zero attached hydrogens (tertiary/aromatic N) is 4. The molecule has 8 nitrogen and oxygen atoms in total. The Hall–Kier alpha value is -2.35. The van der Waals surface area contributed by atoms with Crippen molar-refractivity contribution in [3.8, 4) is 0 Å². The molecule has 3 aliphatic rings. The number of carbonyl (C=O) groups excluding carboxylic acids is 2. The number of hydrogen-bond donors (Lipinski definition) is 0. The highest BCUT2D eigenvalue weighted by molar-refractivity contribution is 5.69. The highest BCUT2D eigenvalue weighted by Crippen LogP contribution is 2.37. The lowest BCUT2D eigenvalue weighted by atomic mass is 10.1. The number of fused-ring (bicyclic) bond motifs is 3. The molecule has 3 aliphatic heterocycles. The smallest absolute Gasteiger partial charge is 0.410 e. The summed E-state index contributed by atoms with van der Waals surface area (Å²) in [7, 11) is 0. The van der Waals surface area contributed by atoms with Gasteiger partial charge in [0, 0.05) is 32.2 Å². The first kappa shape index (κ1) is 20.9. The van der Waals surface area contributed by atoms with Crippen molar-refractivity contribution in [1.82, 2.24) is 14.8 Å². The lowest BCUT2D eigenvalue weighted by Crippen LogP contribution is -2.58. The van der Waals surface area contributed by atoms with Gasteiger partial charge in [-0.2, -0.15) is 0 Å². The average molecular weight is 417 g/mol. The van der Waals surface area contributed by atoms with Crippen LogP contribution in [0, 0.1) is 0 Å². The molecule has 4 heterocycles. The zero-order valence-corrected chi connectivity index (χ0v) is 18.3. The van der Waals surface area contributed by atoms with E-state index in [9.17, 15) is 9.59 Å². The summed E-state index contributed by atoms with van der Waals surface area (Å²) in [4.78, 5) is 35.0. The van der Waals surface area contributed by atoms with E-state index in [2.05, 4.69) is 22.8 Å². The third-order valence-corrected chi connectivity index (χ3v) is 6.02. The van der Waals surface area contributed by atoms with Crippen LogP contribution in [0.25, 0.3) is 0 Å². The number of rotatable bonds is 4. The Kier molecular flexibility index (Phi) is 5.61. The van der Waals surface area contributed by atoms with Gasteiger partial charge in [0.2, 0.25) is 0 Å². The average Bonchev–Trinajstić information content (AvgIpc) is 3.32. The number of anilines is 1. The minimum atomic E-state index is -0.504. The number of pyridine rings is 1. The number of piperazine rings is 1. The number of aromatic nitrogens is 1. The number of ether oxygens (including phenoxy) is 2. The summed E-state index contributed by atoms with van der Waals surface area (Å²) in [6.07, 6.45) is 2.36. The summed E-state index contributed by atoms with van der Waals surface area (Å²) in [5.74, 6) is 0.951. The van der Waals surface area contributed by atoms with Crippen molar-refractivity contribution in [2.24, 2.45) is 0 Å². The predicted molar refractivity (Wildman–Crippen MR) is 112 cm³/mol. The van der Waals surface area contributed by atoms with Crippen molar-refractivity contribution in [1.29, 1.82) is 0 Å². The van der Waals surface area contributed by atoms with Crippen LogP contribution in [-0.4, -0.2) is 71.2 Å². The quantitative estimate of drug-likeness (QED) is 0.699. The van der Waals surface area contributed by atoms with Gasteiger partial charge < -0.3 is 19.3 Å². The number of hydrogen-bond acceptors (Lipinski definition) is 7. The lowest BCUT2D eigenvalue weighted by molar-refractivity contribution is -0.143. The summed E-state index contributed by atoms with van der Waals surface area (Å²) in [5, 5.41) is 0. The Labute approximate surface area is 178 Å². The summed E-state index contributed by atoms with van der Waals surface area (Å²) in [6, 6.07) is 4.37. The first-order chi connectivity index (χ1) is 14.3. The van der Waals surface area contributed by atoms with Crippen LogP contribution in [0.3, 0.4) is 0 Å². The van der Waals surface area contributed by atoms with Gasteiger partial charge in [-0.15, -0.1) is 0 Å². The van der Waals surface area contributed by atoms with Crippen LogP contribution in [0.15, 0.2) is 12.1 Å². The normalized spacial score (nSPS) is 24.9. The Morgan fingerprint density at radius 2 is 1.97 bits per heavy atom. The molecule has 0 saturated carbocycles. The van der Waals surface area contributed by atoms with Crippen LogP contribution in [0.2, 0.25) is 0 Å². The zero-order chi connectivity index (χ0) is 21.5. The molecule has 0 N–H and O–H groups in total. The third-order valence-electron chi connectivity index (χ3n) is 6.02. The van der Waals surface area contributed by atoms with Crippen molar-refractivity contribution < 1.29 is 19.1 Å². The molecule has 0 aromatic carbocycles. The molecule has 30 heavy (non-hydrogen) atoms. The minimum Gasteiger partial charge on any atom is -0.444 e. The second kappa shape index (κ2) is 8.06. The van der Waals surface area contributed by atoms with Gasteiger partial charge in [0.1, 0.15) is 11.4 Å². The lowest BCUT2D eigenvalue weighted by Gasteiger charge is -2.43. The van der Waals surface area contributed by atoms with Crippen LogP contribution < -0.4 is 4.90 Å². The van der Waals surface area contributed by atoms with E-state index in [0.29, 0.717) is 19.6 Å². The summed E-state index contributed by atoms with van der Waals surface area (Å²) < 4.78 is 11.0. The molecular formula is C22H32N4O4. The van der Waals surface area contributed by atoms with Gasteiger partial charge in [-0.25, -0.2) is 9.78 Å². The third kappa shape index (κ3) is 4.10. The fourth-order valence-electron chi connectivity index (χ4n) is 4.84. The molecule has 2 fully saturated rings. The van der Waals surface area contributed by atoms with Crippen molar-refractivity contribution in [3.05, 3.63) is 23.4 Å². The minimum absolute atomic E-state index is 0.123. The Bertz CT molecular complexity index is 803. The van der Waals surface area contributed by atoms with E-state index in [0.717, 1.165) is 43.9 Å². The maximum Gasteiger partial charge on any atom is 0.410 e. The number of likely N-dealkylation sites (tertiary alicyclic amines) is 1. The number of amides is 1. The second-order valence-corrected chi connectivity index (χ2v) is 9.55. The Morgan fingerprint density at radius 1 is 1.23 bits per heavy atom. The highest BCUT2D eigenvalue weighted by Gasteiger charge is 2.42. The molecule has 0 aliphatic carbocycles. The zero-order valence-electron chi connectivity index (χ0n) is 18.3. The molecule has 3 atom stereocenters. The van der Waals surface area contributed by atoms with Gasteiger partial charge in [-0.05, 0) is 58.6 Å². The van der Waals surface area contributed by atoms with E-state index in [-0.39, 0.29) is 18.2 Å². The van der Waals surface area contributed by atoms with E-state index >= 15 is 0 Å². The summed E-state index contributed by atoms with van der Waals surface area (Å²) in [5.41, 5.74) is 1.44. The van der Waals surface area contributed by atoms with Crippen molar-refractivity contribution in [2.75, 3.05) is 31.1 Å². The van der Waals surface area contributed by atoms with Gasteiger partial charge >= 0.3 is 6.09 Å². The van der Waals surface area contributed by atoms with E-state index in [1.807, 2.05) is 31.7 Å². The molecular weight excluding hydrogens is 384 g/mol. The first-order valence-corrected chi connectivity index (χ1v) is 10.9. The van der Waals surface area contributed by atoms with Crippen molar-refractivity contribution >= 4 is 18.4 Å². The van der Waals surface area contributed by atoms with Gasteiger partial charge in [0.05, 0.1) is 11.7 Å². The highest BCUT2D eigenvalue weighted by atomic mass is 16.6. The molecule has 1 aromatic rings. The molecule has 4 rings (SSSR count). The van der Waals surface area contributed by atoms with Crippen molar-refractivity contribution in [3.63, 3.8) is 0 Å². The van der Waals surface area contributed by atoms with Crippen LogP contribution in [0.5, 0.6) is 0 Å². The summed E-state index contributed by atoms with van der Waals surface area (Å²) in [6.45, 7) is 11.3. The van der Waals surface area contributed by atoms with Gasteiger partial charge in [0.15, 0.2) is 6.23 Å². The van der Waals surface area contributed by atoms with Crippen molar-refractivity contribution in [2.45, 2.75) is 70.9 Å². The van der Waals surface area contributed by atoms with Gasteiger partial charge in [0.25, 0.3) is 6.47 Å². The fraction of sp³-hybridized carbons (Fsp3) is 0.682. The molecule has 1 amide bonds. The monoisotopic (exact) mass is 416 g/mol. The molecule has 8 heteroatoms. The Balaban J connectivity index is 1.54.